The molecule has 1 amide bonds. The minimum atomic E-state index is -0.103. The fourth-order valence-corrected chi connectivity index (χ4v) is 5.51. The predicted octanol–water partition coefficient (Wildman–Crippen LogP) is 3.82. The first-order chi connectivity index (χ1) is 11.3. The van der Waals surface area contributed by atoms with Gasteiger partial charge in [0, 0.05) is 24.3 Å². The van der Waals surface area contributed by atoms with Crippen LogP contribution in [0.15, 0.2) is 42.5 Å². The molecular weight excluding hydrogens is 286 g/mol. The third-order valence-corrected chi connectivity index (χ3v) is 6.35. The van der Waals surface area contributed by atoms with Crippen LogP contribution in [0.3, 0.4) is 0 Å². The summed E-state index contributed by atoms with van der Waals surface area (Å²) in [4.78, 5) is 15.2. The zero-order chi connectivity index (χ0) is 15.6. The largest absolute Gasteiger partial charge is 0.361 e. The number of carbonyl (C=O) groups excluding carboxylic acids is 1. The van der Waals surface area contributed by atoms with E-state index in [0.29, 0.717) is 17.8 Å². The Balaban J connectivity index is 1.66. The maximum atomic E-state index is 13.2. The molecule has 1 saturated heterocycles. The first-order valence-electron chi connectivity index (χ1n) is 8.63. The molecule has 0 spiro atoms. The number of ether oxygens (including phenoxy) is 1. The van der Waals surface area contributed by atoms with E-state index in [0.717, 1.165) is 11.1 Å². The molecule has 3 fully saturated rings. The molecule has 23 heavy (non-hydrogen) atoms. The molecular formula is C20H21NO2. The topological polar surface area (TPSA) is 29.5 Å². The summed E-state index contributed by atoms with van der Waals surface area (Å²) in [5.41, 5.74) is 1.01. The van der Waals surface area contributed by atoms with Crippen LogP contribution in [0.5, 0.6) is 0 Å². The summed E-state index contributed by atoms with van der Waals surface area (Å²) in [6.07, 6.45) is 3.61. The molecule has 5 rings (SSSR count). The Bertz CT molecular complexity index is 781. The molecule has 2 aromatic rings. The number of hydrogen-bond acceptors (Lipinski definition) is 2. The molecule has 0 N–H and O–H groups in total. The smallest absolute Gasteiger partial charge is 0.232 e. The molecule has 3 heteroatoms. The second kappa shape index (κ2) is 4.81. The fourth-order valence-electron chi connectivity index (χ4n) is 5.51. The standard InChI is InChI=1S/C20H21NO2/c1-23-20-18-14-10-9-13(11-14)17(18)19(22)21(20)16-8-4-6-12-5-2-3-7-15(12)16/h2-8,13-14,17-18,20H,9-11H2,1H3. The number of anilines is 1. The third kappa shape index (κ3) is 1.71. The van der Waals surface area contributed by atoms with Crippen LogP contribution >= 0.6 is 0 Å². The summed E-state index contributed by atoms with van der Waals surface area (Å²) < 4.78 is 5.87. The Morgan fingerprint density at radius 1 is 1.04 bits per heavy atom. The van der Waals surface area contributed by atoms with Gasteiger partial charge in [-0.1, -0.05) is 36.4 Å². The van der Waals surface area contributed by atoms with Gasteiger partial charge in [-0.25, -0.2) is 0 Å². The first-order valence-corrected chi connectivity index (χ1v) is 8.63. The van der Waals surface area contributed by atoms with Gasteiger partial charge in [0.15, 0.2) is 0 Å². The lowest BCUT2D eigenvalue weighted by Crippen LogP contribution is -2.38. The van der Waals surface area contributed by atoms with Crippen LogP contribution in [0, 0.1) is 23.7 Å². The molecule has 3 nitrogen and oxygen atoms in total. The van der Waals surface area contributed by atoms with E-state index in [-0.39, 0.29) is 18.1 Å². The highest BCUT2D eigenvalue weighted by molar-refractivity contribution is 6.06. The Morgan fingerprint density at radius 2 is 1.83 bits per heavy atom. The SMILES string of the molecule is COC1C2C3CCC(C3)C2C(=O)N1c1cccc2ccccc12. The van der Waals surface area contributed by atoms with Gasteiger partial charge in [-0.15, -0.1) is 0 Å². The van der Waals surface area contributed by atoms with E-state index in [1.165, 1.54) is 24.6 Å². The van der Waals surface area contributed by atoms with Crippen molar-refractivity contribution < 1.29 is 9.53 Å². The highest BCUT2D eigenvalue weighted by atomic mass is 16.5. The molecule has 2 aliphatic carbocycles. The van der Waals surface area contributed by atoms with Gasteiger partial charge in [0.2, 0.25) is 5.91 Å². The van der Waals surface area contributed by atoms with Crippen LogP contribution in [0.25, 0.3) is 10.8 Å². The minimum Gasteiger partial charge on any atom is -0.361 e. The number of hydrogen-bond donors (Lipinski definition) is 0. The van der Waals surface area contributed by atoms with Gasteiger partial charge in [0.25, 0.3) is 0 Å². The van der Waals surface area contributed by atoms with Crippen LogP contribution in [0.1, 0.15) is 19.3 Å². The van der Waals surface area contributed by atoms with E-state index < -0.39 is 0 Å². The lowest BCUT2D eigenvalue weighted by atomic mass is 9.81. The first kappa shape index (κ1) is 13.6. The van der Waals surface area contributed by atoms with Crippen LogP contribution in [0.4, 0.5) is 5.69 Å². The van der Waals surface area contributed by atoms with Crippen molar-refractivity contribution in [3.63, 3.8) is 0 Å². The Hall–Kier alpha value is -1.87. The lowest BCUT2D eigenvalue weighted by molar-refractivity contribution is -0.122. The maximum Gasteiger partial charge on any atom is 0.232 e. The maximum absolute atomic E-state index is 13.2. The molecule has 1 heterocycles. The molecule has 1 aliphatic heterocycles. The molecule has 3 aliphatic rings. The number of amides is 1. The Morgan fingerprint density at radius 3 is 2.70 bits per heavy atom. The summed E-state index contributed by atoms with van der Waals surface area (Å²) >= 11 is 0. The third-order valence-electron chi connectivity index (χ3n) is 6.35. The van der Waals surface area contributed by atoms with Crippen LogP contribution in [0.2, 0.25) is 0 Å². The molecule has 5 atom stereocenters. The number of nitrogens with zero attached hydrogens (tertiary/aromatic N) is 1. The van der Waals surface area contributed by atoms with Crippen molar-refractivity contribution in [3.05, 3.63) is 42.5 Å². The summed E-state index contributed by atoms with van der Waals surface area (Å²) in [6, 6.07) is 14.5. The normalized spacial score (nSPS) is 35.3. The van der Waals surface area contributed by atoms with E-state index in [9.17, 15) is 4.79 Å². The zero-order valence-electron chi connectivity index (χ0n) is 13.3. The van der Waals surface area contributed by atoms with Crippen molar-refractivity contribution in [3.8, 4) is 0 Å². The van der Waals surface area contributed by atoms with Crippen molar-refractivity contribution in [2.24, 2.45) is 23.7 Å². The highest BCUT2D eigenvalue weighted by Crippen LogP contribution is 2.58. The molecule has 2 bridgehead atoms. The molecule has 118 valence electrons. The zero-order valence-corrected chi connectivity index (χ0v) is 13.3. The van der Waals surface area contributed by atoms with Crippen LogP contribution in [-0.4, -0.2) is 19.2 Å². The molecule has 2 saturated carbocycles. The van der Waals surface area contributed by atoms with Gasteiger partial charge in [0.05, 0.1) is 5.69 Å². The highest BCUT2D eigenvalue weighted by Gasteiger charge is 2.61. The number of fused-ring (bicyclic) bond motifs is 6. The fraction of sp³-hybridized carbons (Fsp3) is 0.450. The molecule has 0 aromatic heterocycles. The quantitative estimate of drug-likeness (QED) is 0.844. The average molecular weight is 307 g/mol. The van der Waals surface area contributed by atoms with Gasteiger partial charge in [-0.3, -0.25) is 9.69 Å². The average Bonchev–Trinajstić information content (AvgIpc) is 3.26. The second-order valence-corrected chi connectivity index (χ2v) is 7.27. The number of carbonyl (C=O) groups is 1. The Labute approximate surface area is 136 Å². The van der Waals surface area contributed by atoms with E-state index in [1.807, 2.05) is 23.1 Å². The lowest BCUT2D eigenvalue weighted by Gasteiger charge is -2.30. The van der Waals surface area contributed by atoms with Crippen molar-refractivity contribution >= 4 is 22.4 Å². The van der Waals surface area contributed by atoms with Crippen LogP contribution < -0.4 is 4.90 Å². The number of benzene rings is 2. The van der Waals surface area contributed by atoms with Crippen molar-refractivity contribution in [2.45, 2.75) is 25.5 Å². The molecule has 2 aromatic carbocycles. The van der Waals surface area contributed by atoms with Gasteiger partial charge in [-0.05, 0) is 42.6 Å². The van der Waals surface area contributed by atoms with Crippen molar-refractivity contribution in [1.82, 2.24) is 0 Å². The summed E-state index contributed by atoms with van der Waals surface area (Å²) in [7, 11) is 1.75. The monoisotopic (exact) mass is 307 g/mol. The second-order valence-electron chi connectivity index (χ2n) is 7.27. The minimum absolute atomic E-state index is 0.103. The summed E-state index contributed by atoms with van der Waals surface area (Å²) in [5.74, 6) is 2.09. The van der Waals surface area contributed by atoms with Crippen molar-refractivity contribution in [1.29, 1.82) is 0 Å². The van der Waals surface area contributed by atoms with E-state index >= 15 is 0 Å². The number of rotatable bonds is 2. The van der Waals surface area contributed by atoms with Gasteiger partial charge in [-0.2, -0.15) is 0 Å². The molecule has 0 radical (unpaired) electrons. The van der Waals surface area contributed by atoms with E-state index in [1.54, 1.807) is 7.11 Å². The van der Waals surface area contributed by atoms with Gasteiger partial charge < -0.3 is 4.74 Å². The van der Waals surface area contributed by atoms with Gasteiger partial charge >= 0.3 is 0 Å². The predicted molar refractivity (Wildman–Crippen MR) is 90.0 cm³/mol. The van der Waals surface area contributed by atoms with E-state index in [2.05, 4.69) is 24.3 Å². The number of methoxy groups -OCH3 is 1. The Kier molecular flexibility index (Phi) is 2.84. The van der Waals surface area contributed by atoms with E-state index in [4.69, 9.17) is 4.74 Å². The summed E-state index contributed by atoms with van der Waals surface area (Å²) in [5, 5.41) is 2.31. The summed E-state index contributed by atoms with van der Waals surface area (Å²) in [6.45, 7) is 0. The van der Waals surface area contributed by atoms with Crippen molar-refractivity contribution in [2.75, 3.05) is 12.0 Å². The van der Waals surface area contributed by atoms with Gasteiger partial charge in [0.1, 0.15) is 6.23 Å². The molecule has 5 unspecified atom stereocenters. The van der Waals surface area contributed by atoms with Crippen LogP contribution in [-0.2, 0) is 9.53 Å².